The van der Waals surface area contributed by atoms with Gasteiger partial charge in [0.05, 0.1) is 0 Å². The van der Waals surface area contributed by atoms with E-state index in [2.05, 4.69) is 21.5 Å². The highest BCUT2D eigenvalue weighted by Crippen LogP contribution is 2.25. The number of carbonyl (C=O) groups excluding carboxylic acids is 1. The summed E-state index contributed by atoms with van der Waals surface area (Å²) in [5.41, 5.74) is 1.09. The van der Waals surface area contributed by atoms with Gasteiger partial charge >= 0.3 is 0 Å². The largest absolute Gasteiger partial charge is 0.341 e. The Morgan fingerprint density at radius 1 is 1.29 bits per heavy atom. The Bertz CT molecular complexity index is 602. The highest BCUT2D eigenvalue weighted by Gasteiger charge is 2.31. The van der Waals surface area contributed by atoms with Crippen LogP contribution in [0.4, 0.5) is 0 Å². The van der Waals surface area contributed by atoms with E-state index >= 15 is 0 Å². The Labute approximate surface area is 124 Å². The summed E-state index contributed by atoms with van der Waals surface area (Å²) in [5, 5.41) is 0. The fourth-order valence-electron chi connectivity index (χ4n) is 2.72. The van der Waals surface area contributed by atoms with Crippen molar-refractivity contribution in [2.45, 2.75) is 32.2 Å². The predicted octanol–water partition coefficient (Wildman–Crippen LogP) is 1.86. The van der Waals surface area contributed by atoms with E-state index in [4.69, 9.17) is 0 Å². The predicted molar refractivity (Wildman–Crippen MR) is 79.8 cm³/mol. The van der Waals surface area contributed by atoms with Gasteiger partial charge < -0.3 is 9.47 Å². The van der Waals surface area contributed by atoms with Crippen LogP contribution in [0.3, 0.4) is 0 Å². The van der Waals surface area contributed by atoms with Gasteiger partial charge in [-0.2, -0.15) is 0 Å². The zero-order valence-corrected chi connectivity index (χ0v) is 12.3. The summed E-state index contributed by atoms with van der Waals surface area (Å²) < 4.78 is 2.06. The number of amides is 1. The van der Waals surface area contributed by atoms with Crippen molar-refractivity contribution >= 4 is 5.91 Å². The van der Waals surface area contributed by atoms with Gasteiger partial charge in [0.25, 0.3) is 0 Å². The van der Waals surface area contributed by atoms with E-state index in [-0.39, 0.29) is 5.91 Å². The molecule has 0 bridgehead atoms. The maximum absolute atomic E-state index is 12.2. The lowest BCUT2D eigenvalue weighted by molar-refractivity contribution is -0.135. The van der Waals surface area contributed by atoms with E-state index in [0.29, 0.717) is 18.9 Å². The molecule has 1 amide bonds. The zero-order chi connectivity index (χ0) is 14.7. The van der Waals surface area contributed by atoms with Crippen LogP contribution in [0.25, 0.3) is 0 Å². The van der Waals surface area contributed by atoms with Gasteiger partial charge in [-0.05, 0) is 12.1 Å². The summed E-state index contributed by atoms with van der Waals surface area (Å²) in [7, 11) is 0. The third-order valence-corrected chi connectivity index (χ3v) is 4.02. The summed E-state index contributed by atoms with van der Waals surface area (Å²) in [6.07, 6.45) is 6.99. The maximum atomic E-state index is 12.2. The molecule has 1 aliphatic rings. The smallest absolute Gasteiger partial charge is 0.224 e. The van der Waals surface area contributed by atoms with Gasteiger partial charge in [0.1, 0.15) is 5.82 Å². The van der Waals surface area contributed by atoms with Crippen molar-refractivity contribution in [2.24, 2.45) is 0 Å². The van der Waals surface area contributed by atoms with Crippen molar-refractivity contribution in [2.75, 3.05) is 13.1 Å². The molecule has 5 heteroatoms. The summed E-state index contributed by atoms with van der Waals surface area (Å²) in [6, 6.07) is 5.95. The molecule has 0 aromatic carbocycles. The van der Waals surface area contributed by atoms with Crippen molar-refractivity contribution in [1.82, 2.24) is 19.4 Å². The molecule has 21 heavy (non-hydrogen) atoms. The van der Waals surface area contributed by atoms with Crippen molar-refractivity contribution in [3.05, 3.63) is 48.3 Å². The Morgan fingerprint density at radius 3 is 2.86 bits per heavy atom. The van der Waals surface area contributed by atoms with Crippen molar-refractivity contribution in [3.8, 4) is 0 Å². The van der Waals surface area contributed by atoms with E-state index in [9.17, 15) is 4.79 Å². The number of imidazole rings is 1. The number of likely N-dealkylation sites (tertiary alicyclic amines) is 1. The molecule has 5 nitrogen and oxygen atoms in total. The van der Waals surface area contributed by atoms with Gasteiger partial charge in [0.2, 0.25) is 5.91 Å². The van der Waals surface area contributed by atoms with Crippen LogP contribution in [-0.4, -0.2) is 38.4 Å². The van der Waals surface area contributed by atoms with E-state index in [1.807, 2.05) is 35.5 Å². The Kier molecular flexibility index (Phi) is 3.99. The van der Waals surface area contributed by atoms with Crippen LogP contribution in [0.15, 0.2) is 36.8 Å². The molecule has 0 atom stereocenters. The van der Waals surface area contributed by atoms with Crippen LogP contribution in [0.1, 0.15) is 30.8 Å². The molecular formula is C16H20N4O. The molecule has 0 N–H and O–H groups in total. The van der Waals surface area contributed by atoms with Crippen molar-refractivity contribution in [1.29, 1.82) is 0 Å². The molecule has 3 heterocycles. The SMILES string of the molecule is CCc1nccn1CCC(=O)N1CC(c2ccccn2)C1. The lowest BCUT2D eigenvalue weighted by Crippen LogP contribution is -2.48. The van der Waals surface area contributed by atoms with Gasteiger partial charge in [-0.1, -0.05) is 13.0 Å². The molecule has 0 aliphatic carbocycles. The number of aromatic nitrogens is 3. The first-order valence-corrected chi connectivity index (χ1v) is 7.46. The van der Waals surface area contributed by atoms with Gasteiger partial charge in [-0.25, -0.2) is 4.98 Å². The highest BCUT2D eigenvalue weighted by molar-refractivity contribution is 5.77. The first-order chi connectivity index (χ1) is 10.3. The fraction of sp³-hybridized carbons (Fsp3) is 0.438. The van der Waals surface area contributed by atoms with E-state index in [0.717, 1.165) is 31.0 Å². The Balaban J connectivity index is 1.48. The molecule has 0 radical (unpaired) electrons. The zero-order valence-electron chi connectivity index (χ0n) is 12.3. The molecule has 3 rings (SSSR count). The minimum absolute atomic E-state index is 0.220. The number of pyridine rings is 1. The number of carbonyl (C=O) groups is 1. The molecule has 0 spiro atoms. The second-order valence-electron chi connectivity index (χ2n) is 5.39. The molecule has 1 fully saturated rings. The normalized spacial score (nSPS) is 15.0. The molecule has 2 aromatic rings. The lowest BCUT2D eigenvalue weighted by Gasteiger charge is -2.39. The molecular weight excluding hydrogens is 264 g/mol. The minimum Gasteiger partial charge on any atom is -0.341 e. The van der Waals surface area contributed by atoms with E-state index < -0.39 is 0 Å². The first-order valence-electron chi connectivity index (χ1n) is 7.46. The average Bonchev–Trinajstić information content (AvgIpc) is 2.92. The van der Waals surface area contributed by atoms with Crippen LogP contribution in [0, 0.1) is 0 Å². The monoisotopic (exact) mass is 284 g/mol. The molecule has 1 aliphatic heterocycles. The summed E-state index contributed by atoms with van der Waals surface area (Å²) in [5.74, 6) is 1.66. The first kappa shape index (κ1) is 13.8. The molecule has 0 saturated carbocycles. The average molecular weight is 284 g/mol. The second-order valence-corrected chi connectivity index (χ2v) is 5.39. The van der Waals surface area contributed by atoms with Crippen LogP contribution in [0.2, 0.25) is 0 Å². The molecule has 0 unspecified atom stereocenters. The van der Waals surface area contributed by atoms with Crippen LogP contribution in [-0.2, 0) is 17.8 Å². The number of hydrogen-bond donors (Lipinski definition) is 0. The Morgan fingerprint density at radius 2 is 2.14 bits per heavy atom. The van der Waals surface area contributed by atoms with E-state index in [1.165, 1.54) is 0 Å². The highest BCUT2D eigenvalue weighted by atomic mass is 16.2. The quantitative estimate of drug-likeness (QED) is 0.842. The fourth-order valence-corrected chi connectivity index (χ4v) is 2.72. The summed E-state index contributed by atoms with van der Waals surface area (Å²) in [4.78, 5) is 22.7. The number of nitrogens with zero attached hydrogens (tertiary/aromatic N) is 4. The summed E-state index contributed by atoms with van der Waals surface area (Å²) in [6.45, 7) is 4.38. The third-order valence-electron chi connectivity index (χ3n) is 4.02. The number of hydrogen-bond acceptors (Lipinski definition) is 3. The number of rotatable bonds is 5. The Hall–Kier alpha value is -2.17. The van der Waals surface area contributed by atoms with Gasteiger partial charge in [-0.3, -0.25) is 9.78 Å². The molecule has 110 valence electrons. The van der Waals surface area contributed by atoms with Crippen molar-refractivity contribution < 1.29 is 4.79 Å². The maximum Gasteiger partial charge on any atom is 0.224 e. The van der Waals surface area contributed by atoms with Crippen LogP contribution in [0.5, 0.6) is 0 Å². The molecule has 2 aromatic heterocycles. The minimum atomic E-state index is 0.220. The molecule has 1 saturated heterocycles. The standard InChI is InChI=1S/C16H20N4O/c1-2-15-18-8-10-19(15)9-6-16(21)20-11-13(12-20)14-5-3-4-7-17-14/h3-5,7-8,10,13H,2,6,9,11-12H2,1H3. The lowest BCUT2D eigenvalue weighted by atomic mass is 9.95. The summed E-state index contributed by atoms with van der Waals surface area (Å²) >= 11 is 0. The number of aryl methyl sites for hydroxylation is 2. The topological polar surface area (TPSA) is 51.0 Å². The third kappa shape index (κ3) is 2.96. The van der Waals surface area contributed by atoms with Crippen molar-refractivity contribution in [3.63, 3.8) is 0 Å². The van der Waals surface area contributed by atoms with Gasteiger partial charge in [-0.15, -0.1) is 0 Å². The van der Waals surface area contributed by atoms with Gasteiger partial charge in [0, 0.05) is 62.7 Å². The second kappa shape index (κ2) is 6.08. The van der Waals surface area contributed by atoms with Crippen LogP contribution < -0.4 is 0 Å². The van der Waals surface area contributed by atoms with Gasteiger partial charge in [0.15, 0.2) is 0 Å². The van der Waals surface area contributed by atoms with Crippen LogP contribution >= 0.6 is 0 Å². The van der Waals surface area contributed by atoms with E-state index in [1.54, 1.807) is 6.20 Å².